The quantitative estimate of drug-likeness (QED) is 0.0834. The number of aromatic carboxylic acids is 2. The maximum atomic E-state index is 12.9. The summed E-state index contributed by atoms with van der Waals surface area (Å²) in [6.45, 7) is 8.30. The van der Waals surface area contributed by atoms with Gasteiger partial charge in [-0.25, -0.2) is 39.5 Å². The minimum Gasteiger partial charge on any atom is -0.478 e. The summed E-state index contributed by atoms with van der Waals surface area (Å²) in [5.74, 6) is -2.75. The van der Waals surface area contributed by atoms with Gasteiger partial charge in [0.25, 0.3) is 0 Å². The number of alkyl halides is 6. The molecular formula is C40H31ClF6N8O4S4. The monoisotopic (exact) mass is 964 g/mol. The second kappa shape index (κ2) is 18.9. The van der Waals surface area contributed by atoms with Crippen molar-refractivity contribution in [3.63, 3.8) is 0 Å². The summed E-state index contributed by atoms with van der Waals surface area (Å²) in [5.41, 5.74) is 5.79. The van der Waals surface area contributed by atoms with Crippen LogP contribution in [0.3, 0.4) is 0 Å². The number of nitrogens with two attached hydrogens (primary N) is 1. The lowest BCUT2D eigenvalue weighted by atomic mass is 10.1. The number of carbonyl (C=O) groups is 2. The van der Waals surface area contributed by atoms with Crippen molar-refractivity contribution in [2.75, 3.05) is 11.1 Å². The van der Waals surface area contributed by atoms with Crippen molar-refractivity contribution in [3.8, 4) is 21.4 Å². The van der Waals surface area contributed by atoms with Crippen molar-refractivity contribution in [1.29, 1.82) is 0 Å². The molecule has 23 heteroatoms. The Bertz CT molecular complexity index is 2880. The van der Waals surface area contributed by atoms with Gasteiger partial charge in [-0.1, -0.05) is 63.6 Å². The SMILES string of the molecule is CC(C)c1sc(N)nc1-c1nc2ccccc2s1.CC(C)c1sc(Nc2ncc(C(F)(F)F)cc2C(=O)O)nc1-c1nc2ccccc2s1.O=C(O)c1cc(C(F)(F)F)cnc1Cl. The van der Waals surface area contributed by atoms with Crippen molar-refractivity contribution in [2.45, 2.75) is 51.9 Å². The number of benzene rings is 2. The molecule has 8 rings (SSSR count). The van der Waals surface area contributed by atoms with Gasteiger partial charge in [0, 0.05) is 22.1 Å². The summed E-state index contributed by atoms with van der Waals surface area (Å²) < 4.78 is 77.3. The zero-order valence-corrected chi connectivity index (χ0v) is 36.9. The second-order valence-corrected chi connectivity index (χ2v) is 18.2. The van der Waals surface area contributed by atoms with Crippen molar-refractivity contribution in [3.05, 3.63) is 110 Å². The number of rotatable bonds is 8. The van der Waals surface area contributed by atoms with Crippen molar-refractivity contribution < 1.29 is 46.1 Å². The number of thiazole rings is 4. The number of nitrogens with zero attached hydrogens (tertiary/aromatic N) is 6. The van der Waals surface area contributed by atoms with E-state index in [4.69, 9.17) is 22.4 Å². The standard InChI is InChI=1S/C20H15F3N4O2S2.C13H13N3S2.C7H3ClF3NO2/c1-9(2)15-14(17-25-12-5-3-4-6-13(12)30-17)26-19(31-15)27-16-11(18(28)29)7-10(8-24-16)20(21,22)23;1-7(2)11-10(16-13(14)18-11)12-15-8-5-3-4-6-9(8)17-12;8-5-4(6(13)14)1-3(2-12-5)7(9,10)11/h3-9H,1-2H3,(H,28,29)(H,24,26,27);3-7H,1-2H3,(H2,14,16);1-2H,(H,13,14). The zero-order valence-electron chi connectivity index (χ0n) is 32.8. The summed E-state index contributed by atoms with van der Waals surface area (Å²) >= 11 is 11.3. The number of nitrogens with one attached hydrogen (secondary N) is 1. The van der Waals surface area contributed by atoms with Gasteiger partial charge in [-0.15, -0.1) is 45.3 Å². The molecule has 6 aromatic heterocycles. The van der Waals surface area contributed by atoms with Crippen LogP contribution < -0.4 is 11.1 Å². The van der Waals surface area contributed by atoms with E-state index in [0.717, 1.165) is 31.3 Å². The summed E-state index contributed by atoms with van der Waals surface area (Å²) in [6, 6.07) is 16.8. The number of halogens is 7. The molecule has 0 aliphatic heterocycles. The Morgan fingerprint density at radius 3 is 1.60 bits per heavy atom. The molecule has 12 nitrogen and oxygen atoms in total. The second-order valence-electron chi connectivity index (χ2n) is 13.7. The van der Waals surface area contributed by atoms with Gasteiger partial charge in [0.2, 0.25) is 0 Å². The van der Waals surface area contributed by atoms with E-state index in [9.17, 15) is 41.0 Å². The third kappa shape index (κ3) is 11.1. The van der Waals surface area contributed by atoms with Gasteiger partial charge in [-0.05, 0) is 48.2 Å². The van der Waals surface area contributed by atoms with Crippen molar-refractivity contribution >= 4 is 105 Å². The van der Waals surface area contributed by atoms with E-state index in [1.54, 1.807) is 22.7 Å². The predicted octanol–water partition coefficient (Wildman–Crippen LogP) is 13.0. The topological polar surface area (TPSA) is 190 Å². The molecule has 63 heavy (non-hydrogen) atoms. The Morgan fingerprint density at radius 2 is 1.13 bits per heavy atom. The van der Waals surface area contributed by atoms with E-state index in [1.807, 2.05) is 56.3 Å². The highest BCUT2D eigenvalue weighted by Gasteiger charge is 2.34. The minimum atomic E-state index is -4.69. The van der Waals surface area contributed by atoms with Gasteiger partial charge in [0.05, 0.1) is 37.1 Å². The fraction of sp³-hybridized carbons (Fsp3) is 0.200. The van der Waals surface area contributed by atoms with Gasteiger partial charge in [0.15, 0.2) is 10.3 Å². The third-order valence-corrected chi connectivity index (χ3v) is 13.3. The van der Waals surface area contributed by atoms with E-state index >= 15 is 0 Å². The molecule has 0 unspecified atom stereocenters. The number of nitrogen functional groups attached to an aromatic ring is 1. The molecule has 0 saturated carbocycles. The molecule has 8 aromatic rings. The first kappa shape index (κ1) is 46.7. The number of hydrogen-bond donors (Lipinski definition) is 4. The molecule has 328 valence electrons. The highest BCUT2D eigenvalue weighted by molar-refractivity contribution is 7.23. The smallest absolute Gasteiger partial charge is 0.417 e. The summed E-state index contributed by atoms with van der Waals surface area (Å²) in [4.78, 5) is 49.2. The Hall–Kier alpha value is -5.81. The van der Waals surface area contributed by atoms with Gasteiger partial charge in [0.1, 0.15) is 37.9 Å². The number of carboxylic acids is 2. The maximum absolute atomic E-state index is 12.9. The zero-order chi connectivity index (χ0) is 46.0. The largest absolute Gasteiger partial charge is 0.478 e. The highest BCUT2D eigenvalue weighted by Crippen LogP contribution is 2.41. The van der Waals surface area contributed by atoms with Gasteiger partial charge in [-0.3, -0.25) is 0 Å². The van der Waals surface area contributed by atoms with Gasteiger partial charge >= 0.3 is 24.3 Å². The minimum absolute atomic E-state index is 0.106. The van der Waals surface area contributed by atoms with Crippen LogP contribution >= 0.6 is 56.9 Å². The van der Waals surface area contributed by atoms with E-state index in [-0.39, 0.29) is 11.7 Å². The fourth-order valence-corrected chi connectivity index (χ4v) is 9.56. The summed E-state index contributed by atoms with van der Waals surface area (Å²) in [5, 5.41) is 22.8. The van der Waals surface area contributed by atoms with Gasteiger partial charge in [-0.2, -0.15) is 26.3 Å². The molecule has 5 N–H and O–H groups in total. The van der Waals surface area contributed by atoms with Crippen molar-refractivity contribution in [2.24, 2.45) is 0 Å². The Balaban J connectivity index is 0.000000174. The average molecular weight is 965 g/mol. The molecule has 0 aliphatic carbocycles. The Kier molecular flexibility index (Phi) is 14.0. The third-order valence-electron chi connectivity index (χ3n) is 8.43. The normalized spacial score (nSPS) is 11.7. The van der Waals surface area contributed by atoms with E-state index in [0.29, 0.717) is 51.4 Å². The van der Waals surface area contributed by atoms with E-state index < -0.39 is 51.7 Å². The van der Waals surface area contributed by atoms with Crippen LogP contribution in [0.1, 0.15) is 81.1 Å². The summed E-state index contributed by atoms with van der Waals surface area (Å²) in [6.07, 6.45) is -8.24. The van der Waals surface area contributed by atoms with Crippen LogP contribution in [0.25, 0.3) is 41.8 Å². The average Bonchev–Trinajstić information content (AvgIpc) is 4.02. The molecule has 2 aromatic carbocycles. The molecule has 0 saturated heterocycles. The molecular weight excluding hydrogens is 934 g/mol. The number of anilines is 3. The lowest BCUT2D eigenvalue weighted by molar-refractivity contribution is -0.138. The fourth-order valence-electron chi connectivity index (χ4n) is 5.51. The molecule has 0 bridgehead atoms. The number of fused-ring (bicyclic) bond motifs is 2. The van der Waals surface area contributed by atoms with Crippen LogP contribution in [0, 0.1) is 0 Å². The molecule has 0 radical (unpaired) electrons. The first-order valence-corrected chi connectivity index (χ1v) is 21.8. The first-order valence-electron chi connectivity index (χ1n) is 18.1. The molecule has 6 heterocycles. The predicted molar refractivity (Wildman–Crippen MR) is 235 cm³/mol. The summed E-state index contributed by atoms with van der Waals surface area (Å²) in [7, 11) is 0. The number of aromatic nitrogens is 6. The lowest BCUT2D eigenvalue weighted by Gasteiger charge is -2.10. The van der Waals surface area contributed by atoms with Crippen LogP contribution in [-0.2, 0) is 12.4 Å². The van der Waals surface area contributed by atoms with Crippen molar-refractivity contribution in [1.82, 2.24) is 29.9 Å². The van der Waals surface area contributed by atoms with E-state index in [2.05, 4.69) is 55.1 Å². The molecule has 0 spiro atoms. The molecule has 0 fully saturated rings. The Labute approximate surface area is 374 Å². The van der Waals surface area contributed by atoms with Gasteiger partial charge < -0.3 is 21.3 Å². The van der Waals surface area contributed by atoms with Crippen LogP contribution in [-0.4, -0.2) is 52.1 Å². The van der Waals surface area contributed by atoms with Crippen LogP contribution in [0.2, 0.25) is 5.15 Å². The maximum Gasteiger partial charge on any atom is 0.417 e. The molecule has 0 aliphatic rings. The Morgan fingerprint density at radius 1 is 0.667 bits per heavy atom. The highest BCUT2D eigenvalue weighted by atomic mass is 35.5. The number of pyridine rings is 2. The van der Waals surface area contributed by atoms with Crippen LogP contribution in [0.5, 0.6) is 0 Å². The molecule has 0 amide bonds. The number of para-hydroxylation sites is 2. The molecule has 0 atom stereocenters. The van der Waals surface area contributed by atoms with E-state index in [1.165, 1.54) is 32.3 Å². The first-order chi connectivity index (χ1) is 29.6. The van der Waals surface area contributed by atoms with Crippen LogP contribution in [0.15, 0.2) is 73.1 Å². The number of carboxylic acid groups (broad SMARTS) is 2. The lowest BCUT2D eigenvalue weighted by Crippen LogP contribution is -2.11. The van der Waals surface area contributed by atoms with Crippen LogP contribution in [0.4, 0.5) is 42.4 Å². The number of hydrogen-bond acceptors (Lipinski definition) is 14.